The van der Waals surface area contributed by atoms with E-state index in [0.717, 1.165) is 0 Å². The van der Waals surface area contributed by atoms with Crippen molar-refractivity contribution in [2.75, 3.05) is 26.4 Å². The predicted octanol–water partition coefficient (Wildman–Crippen LogP) is 4.04. The van der Waals surface area contributed by atoms with Gasteiger partial charge in [-0.05, 0) is 38.8 Å². The van der Waals surface area contributed by atoms with Gasteiger partial charge in [-0.15, -0.1) is 0 Å². The van der Waals surface area contributed by atoms with Gasteiger partial charge in [-0.1, -0.05) is 60.7 Å². The summed E-state index contributed by atoms with van der Waals surface area (Å²) in [5.41, 5.74) is 1.10. The highest BCUT2D eigenvalue weighted by molar-refractivity contribution is 5.99. The second-order valence-corrected chi connectivity index (χ2v) is 7.84. The van der Waals surface area contributed by atoms with Crippen LogP contribution in [0.15, 0.2) is 60.7 Å². The molecule has 194 valence electrons. The summed E-state index contributed by atoms with van der Waals surface area (Å²) < 4.78 is 21.1. The van der Waals surface area contributed by atoms with Crippen molar-refractivity contribution in [3.63, 3.8) is 0 Å². The predicted molar refractivity (Wildman–Crippen MR) is 132 cm³/mol. The lowest BCUT2D eigenvalue weighted by molar-refractivity contribution is -0.169. The van der Waals surface area contributed by atoms with Gasteiger partial charge in [-0.2, -0.15) is 0 Å². The topological polar surface area (TPSA) is 105 Å². The molecule has 2 aromatic carbocycles. The van der Waals surface area contributed by atoms with Crippen molar-refractivity contribution in [1.82, 2.24) is 0 Å². The third-order valence-corrected chi connectivity index (χ3v) is 5.64. The highest BCUT2D eigenvalue weighted by atomic mass is 16.6. The molecule has 0 unspecified atom stereocenters. The molecule has 8 nitrogen and oxygen atoms in total. The van der Waals surface area contributed by atoms with Gasteiger partial charge in [-0.3, -0.25) is 19.2 Å². The summed E-state index contributed by atoms with van der Waals surface area (Å²) in [7, 11) is 0. The molecule has 2 atom stereocenters. The van der Waals surface area contributed by atoms with E-state index in [-0.39, 0.29) is 26.4 Å². The van der Waals surface area contributed by atoms with Crippen LogP contribution in [-0.2, 0) is 38.1 Å². The van der Waals surface area contributed by atoms with Gasteiger partial charge in [0, 0.05) is 11.8 Å². The van der Waals surface area contributed by atoms with Crippen molar-refractivity contribution in [3.05, 3.63) is 71.8 Å². The molecule has 2 aromatic rings. The van der Waals surface area contributed by atoms with Crippen LogP contribution in [0.4, 0.5) is 0 Å². The van der Waals surface area contributed by atoms with E-state index >= 15 is 0 Å². The lowest BCUT2D eigenvalue weighted by Gasteiger charge is -2.35. The zero-order chi connectivity index (χ0) is 26.5. The van der Waals surface area contributed by atoms with Crippen molar-refractivity contribution in [2.24, 2.45) is 11.8 Å². The van der Waals surface area contributed by atoms with Crippen LogP contribution >= 0.6 is 0 Å². The Morgan fingerprint density at radius 2 is 0.750 bits per heavy atom. The highest BCUT2D eigenvalue weighted by Gasteiger charge is 2.50. The molecule has 2 rings (SSSR count). The van der Waals surface area contributed by atoms with Gasteiger partial charge in [0.1, 0.15) is 0 Å². The maximum atomic E-state index is 13.3. The fourth-order valence-electron chi connectivity index (χ4n) is 4.27. The van der Waals surface area contributed by atoms with Gasteiger partial charge in [0.05, 0.1) is 26.4 Å². The quantitative estimate of drug-likeness (QED) is 0.232. The summed E-state index contributed by atoms with van der Waals surface area (Å²) in [5, 5.41) is 0. The van der Waals surface area contributed by atoms with Crippen LogP contribution in [0.3, 0.4) is 0 Å². The van der Waals surface area contributed by atoms with E-state index in [1.807, 2.05) is 0 Å². The Balaban J connectivity index is 2.88. The number of esters is 4. The molecule has 0 fully saturated rings. The van der Waals surface area contributed by atoms with Crippen molar-refractivity contribution in [2.45, 2.75) is 39.5 Å². The number of hydrogen-bond acceptors (Lipinski definition) is 8. The lowest BCUT2D eigenvalue weighted by atomic mass is 9.68. The van der Waals surface area contributed by atoms with E-state index in [1.165, 1.54) is 0 Å². The average Bonchev–Trinajstić information content (AvgIpc) is 2.87. The Bertz CT molecular complexity index is 872. The van der Waals surface area contributed by atoms with Gasteiger partial charge < -0.3 is 18.9 Å². The standard InChI is InChI=1S/C28H34O8/c1-5-33-25(29)23(26(30)34-6-2)21(19-15-11-9-12-16-19)22(20-17-13-10-14-18-20)24(27(31)35-7-3)28(32)36-8-4/h9-18,21-24H,5-8H2,1-4H3/t21-,22-/m1/s1. The Hall–Kier alpha value is -3.68. The van der Waals surface area contributed by atoms with Crippen LogP contribution in [0.1, 0.15) is 50.7 Å². The molecular weight excluding hydrogens is 464 g/mol. The number of carbonyl (C=O) groups is 4. The minimum Gasteiger partial charge on any atom is -0.465 e. The summed E-state index contributed by atoms with van der Waals surface area (Å²) in [6.45, 7) is 6.66. The van der Waals surface area contributed by atoms with Crippen LogP contribution in [0, 0.1) is 11.8 Å². The maximum absolute atomic E-state index is 13.3. The summed E-state index contributed by atoms with van der Waals surface area (Å²) in [6.07, 6.45) is 0. The van der Waals surface area contributed by atoms with E-state index in [1.54, 1.807) is 88.4 Å². The molecule has 0 heterocycles. The van der Waals surface area contributed by atoms with Crippen molar-refractivity contribution in [1.29, 1.82) is 0 Å². The summed E-state index contributed by atoms with van der Waals surface area (Å²) in [5.74, 6) is -8.16. The number of benzene rings is 2. The van der Waals surface area contributed by atoms with Crippen LogP contribution in [0.5, 0.6) is 0 Å². The second-order valence-electron chi connectivity index (χ2n) is 7.84. The second kappa shape index (κ2) is 14.7. The summed E-state index contributed by atoms with van der Waals surface area (Å²) in [4.78, 5) is 53.1. The molecular formula is C28H34O8. The average molecular weight is 499 g/mol. The Labute approximate surface area is 211 Å². The molecule has 0 spiro atoms. The first-order valence-corrected chi connectivity index (χ1v) is 12.2. The van der Waals surface area contributed by atoms with Gasteiger partial charge in [-0.25, -0.2) is 0 Å². The van der Waals surface area contributed by atoms with Crippen molar-refractivity contribution in [3.8, 4) is 0 Å². The SMILES string of the molecule is CCOC(=O)C(C(=O)OCC)[C@H](c1ccccc1)[C@@H](c1ccccc1)C(C(=O)OCC)C(=O)OCC. The highest BCUT2D eigenvalue weighted by Crippen LogP contribution is 2.45. The van der Waals surface area contributed by atoms with E-state index < -0.39 is 47.5 Å². The Morgan fingerprint density at radius 1 is 0.500 bits per heavy atom. The molecule has 0 bridgehead atoms. The van der Waals surface area contributed by atoms with Crippen molar-refractivity contribution >= 4 is 23.9 Å². The lowest BCUT2D eigenvalue weighted by Crippen LogP contribution is -2.42. The molecule has 0 aliphatic heterocycles. The molecule has 0 amide bonds. The zero-order valence-electron chi connectivity index (χ0n) is 21.2. The molecule has 0 aliphatic carbocycles. The van der Waals surface area contributed by atoms with E-state index in [2.05, 4.69) is 0 Å². The van der Waals surface area contributed by atoms with Crippen LogP contribution < -0.4 is 0 Å². The van der Waals surface area contributed by atoms with Crippen LogP contribution in [0.25, 0.3) is 0 Å². The molecule has 8 heteroatoms. The Morgan fingerprint density at radius 3 is 0.972 bits per heavy atom. The normalized spacial score (nSPS) is 12.5. The molecule has 36 heavy (non-hydrogen) atoms. The third-order valence-electron chi connectivity index (χ3n) is 5.64. The molecule has 0 radical (unpaired) electrons. The van der Waals surface area contributed by atoms with Crippen LogP contribution in [0.2, 0.25) is 0 Å². The van der Waals surface area contributed by atoms with E-state index in [9.17, 15) is 19.2 Å². The smallest absolute Gasteiger partial charge is 0.320 e. The minimum absolute atomic E-state index is 0.0332. The number of rotatable bonds is 13. The number of carbonyl (C=O) groups excluding carboxylic acids is 4. The fraction of sp³-hybridized carbons (Fsp3) is 0.429. The molecule has 0 N–H and O–H groups in total. The monoisotopic (exact) mass is 498 g/mol. The van der Waals surface area contributed by atoms with Crippen molar-refractivity contribution < 1.29 is 38.1 Å². The van der Waals surface area contributed by atoms with Crippen LogP contribution in [-0.4, -0.2) is 50.3 Å². The third kappa shape index (κ3) is 7.16. The molecule has 0 saturated carbocycles. The summed E-state index contributed by atoms with van der Waals surface area (Å²) >= 11 is 0. The largest absolute Gasteiger partial charge is 0.465 e. The summed E-state index contributed by atoms with van der Waals surface area (Å²) in [6, 6.07) is 17.5. The number of ether oxygens (including phenoxy) is 4. The fourth-order valence-corrected chi connectivity index (χ4v) is 4.27. The molecule has 0 aliphatic rings. The van der Waals surface area contributed by atoms with Gasteiger partial charge in [0.2, 0.25) is 0 Å². The van der Waals surface area contributed by atoms with Gasteiger partial charge >= 0.3 is 23.9 Å². The molecule has 0 aromatic heterocycles. The van der Waals surface area contributed by atoms with E-state index in [4.69, 9.17) is 18.9 Å². The minimum atomic E-state index is -1.45. The van der Waals surface area contributed by atoms with Gasteiger partial charge in [0.15, 0.2) is 11.8 Å². The van der Waals surface area contributed by atoms with Gasteiger partial charge in [0.25, 0.3) is 0 Å². The van der Waals surface area contributed by atoms with E-state index in [0.29, 0.717) is 11.1 Å². The Kier molecular flexibility index (Phi) is 11.6. The first-order valence-electron chi connectivity index (χ1n) is 12.2. The first-order chi connectivity index (χ1) is 17.4. The number of hydrogen-bond donors (Lipinski definition) is 0. The maximum Gasteiger partial charge on any atom is 0.320 e. The molecule has 0 saturated heterocycles. The first kappa shape index (κ1) is 28.6. The zero-order valence-corrected chi connectivity index (χ0v) is 21.2.